The van der Waals surface area contributed by atoms with Crippen molar-refractivity contribution in [1.29, 1.82) is 0 Å². The number of nitrogens with zero attached hydrogens (tertiary/aromatic N) is 6. The van der Waals surface area contributed by atoms with Crippen LogP contribution in [0, 0.1) is 5.82 Å². The van der Waals surface area contributed by atoms with Crippen LogP contribution in [0.4, 0.5) is 10.1 Å². The quantitative estimate of drug-likeness (QED) is 0.409. The van der Waals surface area contributed by atoms with Gasteiger partial charge in [-0.1, -0.05) is 26.8 Å². The van der Waals surface area contributed by atoms with E-state index in [1.54, 1.807) is 10.6 Å². The molecule has 3 aromatic heterocycles. The predicted molar refractivity (Wildman–Crippen MR) is 138 cm³/mol. The van der Waals surface area contributed by atoms with Crippen LogP contribution in [0.2, 0.25) is 0 Å². The standard InChI is InChI=1S/C27H30FN7O3/c1-27(2,3)26-33-32-25(38-26)24(36)29-13-17-6-7-19(22(28)21(17)16-4-5-16)23-20-12-18(14-35(20)31-15-30-23)34-8-10-37-11-9-34/h6-7,12,14-16H,4-5,8-11,13H2,1-3H3,(H,29,36). The van der Waals surface area contributed by atoms with Crippen LogP contribution < -0.4 is 10.2 Å². The molecule has 1 saturated heterocycles. The second-order valence-corrected chi connectivity index (χ2v) is 10.9. The number of aromatic nitrogens is 5. The number of benzene rings is 1. The lowest BCUT2D eigenvalue weighted by Crippen LogP contribution is -2.35. The van der Waals surface area contributed by atoms with Crippen LogP contribution in [0.25, 0.3) is 16.8 Å². The van der Waals surface area contributed by atoms with Gasteiger partial charge in [0, 0.05) is 30.6 Å². The van der Waals surface area contributed by atoms with Crippen molar-refractivity contribution in [2.24, 2.45) is 0 Å². The highest BCUT2D eigenvalue weighted by atomic mass is 19.1. The Morgan fingerprint density at radius 3 is 2.68 bits per heavy atom. The molecule has 0 radical (unpaired) electrons. The van der Waals surface area contributed by atoms with E-state index in [4.69, 9.17) is 9.15 Å². The van der Waals surface area contributed by atoms with E-state index in [1.165, 1.54) is 6.33 Å². The minimum Gasteiger partial charge on any atom is -0.416 e. The number of nitrogens with one attached hydrogen (secondary N) is 1. The third-order valence-electron chi connectivity index (χ3n) is 6.98. The first-order valence-corrected chi connectivity index (χ1v) is 12.9. The van der Waals surface area contributed by atoms with Gasteiger partial charge >= 0.3 is 11.8 Å². The molecule has 1 N–H and O–H groups in total. The van der Waals surface area contributed by atoms with Crippen LogP contribution in [-0.4, -0.2) is 57.0 Å². The minimum atomic E-state index is -0.486. The number of amides is 1. The average molecular weight is 520 g/mol. The summed E-state index contributed by atoms with van der Waals surface area (Å²) in [7, 11) is 0. The molecule has 1 saturated carbocycles. The van der Waals surface area contributed by atoms with Crippen molar-refractivity contribution in [3.8, 4) is 11.3 Å². The van der Waals surface area contributed by atoms with Gasteiger partial charge in [-0.2, -0.15) is 5.10 Å². The van der Waals surface area contributed by atoms with Crippen molar-refractivity contribution in [2.45, 2.75) is 51.5 Å². The molecule has 10 nitrogen and oxygen atoms in total. The molecule has 4 heterocycles. The van der Waals surface area contributed by atoms with Crippen molar-refractivity contribution in [1.82, 2.24) is 30.1 Å². The van der Waals surface area contributed by atoms with Gasteiger partial charge in [-0.3, -0.25) is 4.79 Å². The molecule has 6 rings (SSSR count). The Labute approximate surface area is 219 Å². The van der Waals surface area contributed by atoms with Gasteiger partial charge in [0.2, 0.25) is 5.89 Å². The number of halogens is 1. The summed E-state index contributed by atoms with van der Waals surface area (Å²) in [5, 5.41) is 15.0. The van der Waals surface area contributed by atoms with Gasteiger partial charge in [0.25, 0.3) is 0 Å². The summed E-state index contributed by atoms with van der Waals surface area (Å²) in [4.78, 5) is 19.4. The van der Waals surface area contributed by atoms with Gasteiger partial charge in [-0.15, -0.1) is 10.2 Å². The summed E-state index contributed by atoms with van der Waals surface area (Å²) in [6.07, 6.45) is 5.21. The van der Waals surface area contributed by atoms with Gasteiger partial charge in [-0.25, -0.2) is 13.9 Å². The zero-order chi connectivity index (χ0) is 26.4. The van der Waals surface area contributed by atoms with E-state index in [-0.39, 0.29) is 29.6 Å². The van der Waals surface area contributed by atoms with E-state index in [2.05, 4.69) is 30.5 Å². The van der Waals surface area contributed by atoms with Crippen LogP contribution in [-0.2, 0) is 16.7 Å². The first-order valence-electron chi connectivity index (χ1n) is 12.9. The maximum Gasteiger partial charge on any atom is 0.309 e. The zero-order valence-corrected chi connectivity index (χ0v) is 21.7. The second kappa shape index (κ2) is 9.46. The molecule has 4 aromatic rings. The predicted octanol–water partition coefficient (Wildman–Crippen LogP) is 3.86. The maximum atomic E-state index is 16.1. The van der Waals surface area contributed by atoms with Gasteiger partial charge in [0.15, 0.2) is 0 Å². The van der Waals surface area contributed by atoms with E-state index >= 15 is 4.39 Å². The first-order chi connectivity index (χ1) is 18.3. The van der Waals surface area contributed by atoms with E-state index in [9.17, 15) is 4.79 Å². The number of rotatable bonds is 6. The van der Waals surface area contributed by atoms with Gasteiger partial charge in [-0.05, 0) is 42.0 Å². The molecule has 0 bridgehead atoms. The van der Waals surface area contributed by atoms with Crippen molar-refractivity contribution in [3.63, 3.8) is 0 Å². The Bertz CT molecular complexity index is 1500. The van der Waals surface area contributed by atoms with E-state index < -0.39 is 5.91 Å². The number of hydrogen-bond acceptors (Lipinski definition) is 8. The van der Waals surface area contributed by atoms with Crippen molar-refractivity contribution in [2.75, 3.05) is 31.2 Å². The fraction of sp³-hybridized carbons (Fsp3) is 0.444. The van der Waals surface area contributed by atoms with Crippen molar-refractivity contribution >= 4 is 17.1 Å². The van der Waals surface area contributed by atoms with Gasteiger partial charge < -0.3 is 19.4 Å². The first kappa shape index (κ1) is 24.5. The topological polar surface area (TPSA) is 111 Å². The number of carbonyl (C=O) groups is 1. The molecule has 1 aliphatic carbocycles. The van der Waals surface area contributed by atoms with E-state index in [0.29, 0.717) is 35.9 Å². The Morgan fingerprint density at radius 1 is 1.18 bits per heavy atom. The summed E-state index contributed by atoms with van der Waals surface area (Å²) in [6.45, 7) is 8.87. The largest absolute Gasteiger partial charge is 0.416 e. The molecule has 1 amide bonds. The van der Waals surface area contributed by atoms with Crippen molar-refractivity contribution in [3.05, 3.63) is 59.4 Å². The summed E-state index contributed by atoms with van der Waals surface area (Å²) < 4.78 is 28.9. The minimum absolute atomic E-state index is 0.104. The molecule has 1 aromatic carbocycles. The highest BCUT2D eigenvalue weighted by molar-refractivity contribution is 5.89. The molecule has 0 unspecified atom stereocenters. The number of fused-ring (bicyclic) bond motifs is 1. The highest BCUT2D eigenvalue weighted by Gasteiger charge is 2.32. The third-order valence-corrected chi connectivity index (χ3v) is 6.98. The zero-order valence-electron chi connectivity index (χ0n) is 21.7. The Hall–Kier alpha value is -3.86. The highest BCUT2D eigenvalue weighted by Crippen LogP contribution is 2.45. The number of morpholine rings is 1. The molecule has 2 aliphatic rings. The monoisotopic (exact) mass is 519 g/mol. The fourth-order valence-electron chi connectivity index (χ4n) is 4.77. The van der Waals surface area contributed by atoms with Crippen molar-refractivity contribution < 1.29 is 18.3 Å². The molecular formula is C27H30FN7O3. The number of anilines is 1. The van der Waals surface area contributed by atoms with E-state index in [1.807, 2.05) is 39.1 Å². The molecule has 0 spiro atoms. The summed E-state index contributed by atoms with van der Waals surface area (Å²) in [5.41, 5.74) is 3.70. The SMILES string of the molecule is CC(C)(C)c1nnc(C(=O)NCc2ccc(-c3ncnn4cc(N5CCOCC5)cc34)c(F)c2C2CC2)o1. The number of carbonyl (C=O) groups excluding carboxylic acids is 1. The lowest BCUT2D eigenvalue weighted by atomic mass is 9.97. The third kappa shape index (κ3) is 4.62. The molecule has 0 atom stereocenters. The lowest BCUT2D eigenvalue weighted by molar-refractivity contribution is 0.0912. The molecule has 1 aliphatic heterocycles. The molecule has 11 heteroatoms. The Morgan fingerprint density at radius 2 is 1.97 bits per heavy atom. The van der Waals surface area contributed by atoms with Crippen LogP contribution >= 0.6 is 0 Å². The smallest absolute Gasteiger partial charge is 0.309 e. The van der Waals surface area contributed by atoms with Crippen LogP contribution in [0.5, 0.6) is 0 Å². The molecule has 38 heavy (non-hydrogen) atoms. The summed E-state index contributed by atoms with van der Waals surface area (Å²) >= 11 is 0. The Balaban J connectivity index is 1.29. The number of ether oxygens (including phenoxy) is 1. The van der Waals surface area contributed by atoms with Crippen LogP contribution in [0.15, 0.2) is 35.1 Å². The number of hydrogen-bond donors (Lipinski definition) is 1. The van der Waals surface area contributed by atoms with Crippen LogP contribution in [0.3, 0.4) is 0 Å². The fourth-order valence-corrected chi connectivity index (χ4v) is 4.77. The second-order valence-electron chi connectivity index (χ2n) is 10.9. The molecule has 198 valence electrons. The maximum absolute atomic E-state index is 16.1. The molecule has 2 fully saturated rings. The van der Waals surface area contributed by atoms with E-state index in [0.717, 1.165) is 42.7 Å². The normalized spacial score (nSPS) is 16.3. The van der Waals surface area contributed by atoms with Crippen LogP contribution in [0.1, 0.15) is 67.2 Å². The summed E-state index contributed by atoms with van der Waals surface area (Å²) in [6, 6.07) is 5.60. The molecular weight excluding hydrogens is 489 g/mol. The van der Waals surface area contributed by atoms with Gasteiger partial charge in [0.05, 0.1) is 30.6 Å². The summed E-state index contributed by atoms with van der Waals surface area (Å²) in [5.74, 6) is -0.392. The Kier molecular flexibility index (Phi) is 6.10. The average Bonchev–Trinajstić information content (AvgIpc) is 3.42. The lowest BCUT2D eigenvalue weighted by Gasteiger charge is -2.27. The van der Waals surface area contributed by atoms with Gasteiger partial charge in [0.1, 0.15) is 17.8 Å².